The molecule has 0 saturated carbocycles. The number of hydrazine groups is 1. The van der Waals surface area contributed by atoms with Gasteiger partial charge < -0.3 is 25.5 Å². The first-order chi connectivity index (χ1) is 13.3. The number of ether oxygens (including phenoxy) is 2. The molecule has 156 valence electrons. The normalized spacial score (nSPS) is 14.1. The molecule has 1 rings (SSSR count). The van der Waals surface area contributed by atoms with Crippen molar-refractivity contribution in [3.8, 4) is 0 Å². The summed E-state index contributed by atoms with van der Waals surface area (Å²) in [4.78, 5) is 48.0. The van der Waals surface area contributed by atoms with E-state index in [4.69, 9.17) is 4.74 Å². The molecule has 0 unspecified atom stereocenters. The van der Waals surface area contributed by atoms with Crippen LogP contribution >= 0.6 is 11.8 Å². The fourth-order valence-electron chi connectivity index (χ4n) is 2.14. The highest BCUT2D eigenvalue weighted by molar-refractivity contribution is 8.04. The molecule has 0 aromatic carbocycles. The minimum atomic E-state index is -0.604. The Morgan fingerprint density at radius 2 is 1.93 bits per heavy atom. The number of hydrogen-bond acceptors (Lipinski definition) is 9. The number of Topliss-reactive ketones (excluding diaryl/α,β-unsaturated/α-hetero) is 1. The van der Waals surface area contributed by atoms with Gasteiger partial charge in [-0.25, -0.2) is 9.80 Å². The Bertz CT molecular complexity index is 675. The minimum absolute atomic E-state index is 0.0706. The van der Waals surface area contributed by atoms with Gasteiger partial charge in [0, 0.05) is 45.1 Å². The average molecular weight is 414 g/mol. The Balaban J connectivity index is 2.62. The summed E-state index contributed by atoms with van der Waals surface area (Å²) in [5.41, 5.74) is 2.93. The third-order valence-electron chi connectivity index (χ3n) is 3.44. The number of thioether (sulfide) groups is 1. The molecule has 0 heterocycles. The Morgan fingerprint density at radius 3 is 2.54 bits per heavy atom. The summed E-state index contributed by atoms with van der Waals surface area (Å²) in [5.74, 6) is -0.939. The van der Waals surface area contributed by atoms with Crippen molar-refractivity contribution in [2.24, 2.45) is 0 Å². The van der Waals surface area contributed by atoms with E-state index in [1.165, 1.54) is 37.0 Å². The molecule has 2 amide bonds. The van der Waals surface area contributed by atoms with Crippen molar-refractivity contribution in [2.45, 2.75) is 6.42 Å². The fraction of sp³-hybridized carbons (Fsp3) is 0.529. The molecular weight excluding hydrogens is 388 g/mol. The molecule has 0 spiro atoms. The highest BCUT2D eigenvalue weighted by Crippen LogP contribution is 2.28. The maximum absolute atomic E-state index is 12.7. The summed E-state index contributed by atoms with van der Waals surface area (Å²) in [7, 11) is 6.08. The van der Waals surface area contributed by atoms with Crippen LogP contribution in [0.15, 0.2) is 22.3 Å². The summed E-state index contributed by atoms with van der Waals surface area (Å²) in [6.07, 6.45) is 0.962. The number of ketones is 2. The molecule has 0 aliphatic heterocycles. The Hall–Kier alpha value is -2.37. The predicted octanol–water partition coefficient (Wildman–Crippen LogP) is -0.416. The summed E-state index contributed by atoms with van der Waals surface area (Å²) in [6.45, 7) is 1.01. The molecule has 28 heavy (non-hydrogen) atoms. The van der Waals surface area contributed by atoms with Gasteiger partial charge in [-0.2, -0.15) is 0 Å². The number of nitrogens with zero attached hydrogens (tertiary/aromatic N) is 1. The average Bonchev–Trinajstić information content (AvgIpc) is 2.66. The van der Waals surface area contributed by atoms with E-state index >= 15 is 0 Å². The summed E-state index contributed by atoms with van der Waals surface area (Å²) < 4.78 is 10.00. The largest absolute Gasteiger partial charge is 0.469 e. The highest BCUT2D eigenvalue weighted by Gasteiger charge is 2.30. The molecule has 11 heteroatoms. The van der Waals surface area contributed by atoms with E-state index in [9.17, 15) is 19.2 Å². The van der Waals surface area contributed by atoms with Gasteiger partial charge in [-0.15, -0.1) is 11.8 Å². The molecule has 0 atom stereocenters. The van der Waals surface area contributed by atoms with E-state index in [0.29, 0.717) is 25.5 Å². The van der Waals surface area contributed by atoms with Crippen LogP contribution in [0.1, 0.15) is 6.42 Å². The van der Waals surface area contributed by atoms with Crippen LogP contribution in [0, 0.1) is 0 Å². The van der Waals surface area contributed by atoms with Crippen molar-refractivity contribution in [1.82, 2.24) is 21.1 Å². The van der Waals surface area contributed by atoms with E-state index in [-0.39, 0.29) is 40.2 Å². The third-order valence-corrected chi connectivity index (χ3v) is 4.42. The number of hydrogen-bond donors (Lipinski definition) is 3. The lowest BCUT2D eigenvalue weighted by Crippen LogP contribution is -2.37. The van der Waals surface area contributed by atoms with Crippen molar-refractivity contribution in [3.63, 3.8) is 0 Å². The lowest BCUT2D eigenvalue weighted by molar-refractivity contribution is -0.140. The molecule has 1 aliphatic rings. The van der Waals surface area contributed by atoms with E-state index in [1.54, 1.807) is 14.1 Å². The zero-order chi connectivity index (χ0) is 21.1. The number of carbonyl (C=O) groups is 4. The number of amides is 2. The second-order valence-corrected chi connectivity index (χ2v) is 6.92. The number of urea groups is 1. The van der Waals surface area contributed by atoms with Crippen LogP contribution in [0.4, 0.5) is 4.79 Å². The Kier molecular flexibility index (Phi) is 10.3. The maximum atomic E-state index is 12.7. The minimum Gasteiger partial charge on any atom is -0.469 e. The molecule has 10 nitrogen and oxygen atoms in total. The van der Waals surface area contributed by atoms with Crippen LogP contribution in [0.3, 0.4) is 0 Å². The van der Waals surface area contributed by atoms with Gasteiger partial charge in [0.2, 0.25) is 5.78 Å². The quantitative estimate of drug-likeness (QED) is 0.179. The van der Waals surface area contributed by atoms with Gasteiger partial charge in [0.25, 0.3) is 0 Å². The molecule has 0 radical (unpaired) electrons. The van der Waals surface area contributed by atoms with Crippen molar-refractivity contribution in [2.75, 3.05) is 53.8 Å². The van der Waals surface area contributed by atoms with E-state index in [1.807, 2.05) is 0 Å². The van der Waals surface area contributed by atoms with Crippen LogP contribution in [0.5, 0.6) is 0 Å². The van der Waals surface area contributed by atoms with Gasteiger partial charge in [0.15, 0.2) is 5.78 Å². The topological polar surface area (TPSA) is 126 Å². The fourth-order valence-corrected chi connectivity index (χ4v) is 3.01. The van der Waals surface area contributed by atoms with Gasteiger partial charge in [0.05, 0.1) is 31.6 Å². The van der Waals surface area contributed by atoms with Crippen molar-refractivity contribution in [3.05, 3.63) is 22.3 Å². The maximum Gasteiger partial charge on any atom is 0.314 e. The first kappa shape index (κ1) is 23.7. The summed E-state index contributed by atoms with van der Waals surface area (Å²) in [5, 5.41) is 6.52. The van der Waals surface area contributed by atoms with Crippen LogP contribution in [-0.4, -0.2) is 82.3 Å². The molecule has 0 aromatic rings. The first-order valence-corrected chi connectivity index (χ1v) is 9.49. The monoisotopic (exact) mass is 414 g/mol. The zero-order valence-electron chi connectivity index (χ0n) is 16.4. The van der Waals surface area contributed by atoms with E-state index in [2.05, 4.69) is 20.8 Å². The van der Waals surface area contributed by atoms with E-state index in [0.717, 1.165) is 0 Å². The van der Waals surface area contributed by atoms with Crippen molar-refractivity contribution >= 4 is 35.3 Å². The van der Waals surface area contributed by atoms with Gasteiger partial charge in [-0.05, 0) is 0 Å². The smallest absolute Gasteiger partial charge is 0.314 e. The number of carbonyl (C=O) groups excluding carboxylic acids is 4. The van der Waals surface area contributed by atoms with Crippen LogP contribution in [-0.2, 0) is 23.9 Å². The number of allylic oxidation sites excluding steroid dienone is 2. The van der Waals surface area contributed by atoms with Crippen LogP contribution in [0.25, 0.3) is 0 Å². The lowest BCUT2D eigenvalue weighted by atomic mass is 9.97. The molecule has 0 aromatic heterocycles. The molecular formula is C17H26N4O6S. The number of rotatable bonds is 11. The molecule has 3 N–H and O–H groups in total. The van der Waals surface area contributed by atoms with Crippen molar-refractivity contribution in [1.29, 1.82) is 0 Å². The third kappa shape index (κ3) is 7.71. The summed E-state index contributed by atoms with van der Waals surface area (Å²) >= 11 is 1.18. The molecule has 1 aliphatic carbocycles. The first-order valence-electron chi connectivity index (χ1n) is 8.51. The Morgan fingerprint density at radius 1 is 1.21 bits per heavy atom. The lowest BCUT2D eigenvalue weighted by Gasteiger charge is -2.22. The summed E-state index contributed by atoms with van der Waals surface area (Å²) in [6, 6.07) is -0.290. The van der Waals surface area contributed by atoms with Gasteiger partial charge in [-0.1, -0.05) is 0 Å². The van der Waals surface area contributed by atoms with Gasteiger partial charge in [0.1, 0.15) is 5.70 Å². The standard InChI is InChI=1S/C17H26N4O6S/c1-18-17(25)19-5-6-27-7-8-28-13-10-12(22)15(20-21(2)3)11(16(13)24)9-14(23)26-4/h10,20H,5-9H2,1-4H3,(H2,18,19,25). The predicted molar refractivity (Wildman–Crippen MR) is 104 cm³/mol. The molecule has 0 bridgehead atoms. The second kappa shape index (κ2) is 12.2. The molecule has 0 fully saturated rings. The highest BCUT2D eigenvalue weighted by atomic mass is 32.2. The SMILES string of the molecule is CNC(=O)NCCOCCSC1=CC(=O)C(NN(C)C)=C(CC(=O)OC)C1=O. The number of nitrogens with one attached hydrogen (secondary N) is 3. The number of esters is 1. The van der Waals surface area contributed by atoms with Crippen LogP contribution in [0.2, 0.25) is 0 Å². The zero-order valence-corrected chi connectivity index (χ0v) is 17.2. The van der Waals surface area contributed by atoms with Crippen molar-refractivity contribution < 1.29 is 28.7 Å². The van der Waals surface area contributed by atoms with E-state index < -0.39 is 5.97 Å². The van der Waals surface area contributed by atoms with Gasteiger partial charge >= 0.3 is 12.0 Å². The second-order valence-electron chi connectivity index (χ2n) is 5.78. The van der Waals surface area contributed by atoms with Gasteiger partial charge in [-0.3, -0.25) is 14.4 Å². The molecule has 0 saturated heterocycles. The Labute approximate surface area is 168 Å². The van der Waals surface area contributed by atoms with Crippen LogP contribution < -0.4 is 16.1 Å². The number of methoxy groups -OCH3 is 1.